The van der Waals surface area contributed by atoms with Crippen LogP contribution in [0.4, 0.5) is 0 Å². The average Bonchev–Trinajstić information content (AvgIpc) is 1.98. The zero-order valence-corrected chi connectivity index (χ0v) is 6.72. The molecule has 0 radical (unpaired) electrons. The van der Waals surface area contributed by atoms with E-state index in [0.29, 0.717) is 0 Å². The zero-order valence-electron chi connectivity index (χ0n) is 6.72. The van der Waals surface area contributed by atoms with Gasteiger partial charge in [0.05, 0.1) is 0 Å². The number of hydrogen-bond acceptors (Lipinski definition) is 0. The average molecular weight is 134 g/mol. The first kappa shape index (κ1) is 9.04. The first-order valence-electron chi connectivity index (χ1n) is 3.59. The second-order valence-corrected chi connectivity index (χ2v) is 2.09. The lowest BCUT2D eigenvalue weighted by atomic mass is 10.1. The highest BCUT2D eigenvalue weighted by Crippen LogP contribution is 2.04. The van der Waals surface area contributed by atoms with Gasteiger partial charge >= 0.3 is 0 Å². The van der Waals surface area contributed by atoms with Gasteiger partial charge in [0.2, 0.25) is 0 Å². The summed E-state index contributed by atoms with van der Waals surface area (Å²) in [6, 6.07) is 0. The summed E-state index contributed by atoms with van der Waals surface area (Å²) < 4.78 is 0. The first-order chi connectivity index (χ1) is 4.85. The Morgan fingerprint density at radius 2 is 2.30 bits per heavy atom. The Hall–Kier alpha value is -0.960. The molecule has 0 saturated carbocycles. The summed E-state index contributed by atoms with van der Waals surface area (Å²) in [5, 5.41) is 0. The van der Waals surface area contributed by atoms with Gasteiger partial charge in [0, 0.05) is 6.42 Å². The maximum atomic E-state index is 5.16. The topological polar surface area (TPSA) is 0 Å². The van der Waals surface area contributed by atoms with Crippen molar-refractivity contribution in [1.82, 2.24) is 0 Å². The molecule has 0 aromatic rings. The highest BCUT2D eigenvalue weighted by molar-refractivity contribution is 5.16. The second kappa shape index (κ2) is 6.16. The fraction of sp³-hybridized carbons (Fsp3) is 0.400. The van der Waals surface area contributed by atoms with E-state index in [4.69, 9.17) is 6.42 Å². The van der Waals surface area contributed by atoms with Crippen molar-refractivity contribution in [3.05, 3.63) is 23.8 Å². The molecule has 54 valence electrons. The van der Waals surface area contributed by atoms with Crippen molar-refractivity contribution in [2.24, 2.45) is 0 Å². The normalized spacial score (nSPS) is 11.9. The van der Waals surface area contributed by atoms with Crippen molar-refractivity contribution < 1.29 is 0 Å². The highest BCUT2D eigenvalue weighted by atomic mass is 13.9. The summed E-state index contributed by atoms with van der Waals surface area (Å²) in [6.45, 7) is 4.12. The zero-order chi connectivity index (χ0) is 7.82. The molecule has 0 heterocycles. The minimum absolute atomic E-state index is 0.779. The molecular formula is C10H14. The molecule has 0 aliphatic rings. The Morgan fingerprint density at radius 3 is 2.70 bits per heavy atom. The van der Waals surface area contributed by atoms with Gasteiger partial charge in [-0.3, -0.25) is 0 Å². The third kappa shape index (κ3) is 3.97. The van der Waals surface area contributed by atoms with E-state index in [9.17, 15) is 0 Å². The third-order valence-corrected chi connectivity index (χ3v) is 1.31. The van der Waals surface area contributed by atoms with Crippen molar-refractivity contribution in [3.8, 4) is 12.3 Å². The van der Waals surface area contributed by atoms with E-state index in [1.165, 1.54) is 5.57 Å². The van der Waals surface area contributed by atoms with Crippen LogP contribution < -0.4 is 0 Å². The van der Waals surface area contributed by atoms with E-state index < -0.39 is 0 Å². The highest BCUT2D eigenvalue weighted by Gasteiger charge is 1.86. The van der Waals surface area contributed by atoms with Gasteiger partial charge in [-0.1, -0.05) is 30.7 Å². The molecule has 0 bridgehead atoms. The minimum atomic E-state index is 0.779. The maximum Gasteiger partial charge on any atom is 0.0299 e. The Morgan fingerprint density at radius 1 is 1.60 bits per heavy atom. The van der Waals surface area contributed by atoms with Crippen LogP contribution in [0.15, 0.2) is 23.8 Å². The predicted octanol–water partition coefficient (Wildman–Crippen LogP) is 2.92. The lowest BCUT2D eigenvalue weighted by Crippen LogP contribution is -1.76. The molecule has 0 spiro atoms. The lowest BCUT2D eigenvalue weighted by molar-refractivity contribution is 1.05. The molecule has 0 heteroatoms. The standard InChI is InChI=1S/C10H14/c1-4-7-9-10(6-3)8-5-2/h2,4,7,9H,6,8H2,1,3H3/b7-4-,10-9-. The molecule has 0 rings (SSSR count). The van der Waals surface area contributed by atoms with Crippen molar-refractivity contribution in [3.63, 3.8) is 0 Å². The molecule has 0 nitrogen and oxygen atoms in total. The fourth-order valence-electron chi connectivity index (χ4n) is 0.665. The van der Waals surface area contributed by atoms with E-state index in [1.54, 1.807) is 0 Å². The van der Waals surface area contributed by atoms with Gasteiger partial charge < -0.3 is 0 Å². The summed E-state index contributed by atoms with van der Waals surface area (Å²) in [6.07, 6.45) is 13.1. The Labute approximate surface area is 63.6 Å². The van der Waals surface area contributed by atoms with Crippen LogP contribution in [0.3, 0.4) is 0 Å². The van der Waals surface area contributed by atoms with E-state index >= 15 is 0 Å². The SMILES string of the molecule is C#CC/C(=C\C=C/C)CC. The smallest absolute Gasteiger partial charge is 0.0299 e. The van der Waals surface area contributed by atoms with Crippen LogP contribution in [0.1, 0.15) is 26.7 Å². The van der Waals surface area contributed by atoms with E-state index in [-0.39, 0.29) is 0 Å². The monoisotopic (exact) mass is 134 g/mol. The predicted molar refractivity (Wildman–Crippen MR) is 46.6 cm³/mol. The van der Waals surface area contributed by atoms with E-state index in [1.807, 2.05) is 19.1 Å². The van der Waals surface area contributed by atoms with Gasteiger partial charge in [-0.05, 0) is 13.3 Å². The quantitative estimate of drug-likeness (QED) is 0.411. The molecule has 0 aliphatic carbocycles. The summed E-state index contributed by atoms with van der Waals surface area (Å²) in [4.78, 5) is 0. The van der Waals surface area contributed by atoms with Gasteiger partial charge in [0.1, 0.15) is 0 Å². The number of terminal acetylenes is 1. The van der Waals surface area contributed by atoms with E-state index in [0.717, 1.165) is 12.8 Å². The molecule has 0 aromatic carbocycles. The summed E-state index contributed by atoms with van der Waals surface area (Å²) >= 11 is 0. The van der Waals surface area contributed by atoms with Crippen LogP contribution in [-0.4, -0.2) is 0 Å². The van der Waals surface area contributed by atoms with Crippen LogP contribution >= 0.6 is 0 Å². The van der Waals surface area contributed by atoms with Gasteiger partial charge in [0.15, 0.2) is 0 Å². The number of allylic oxidation sites excluding steroid dienone is 4. The number of rotatable bonds is 3. The largest absolute Gasteiger partial charge is 0.120 e. The van der Waals surface area contributed by atoms with Crippen LogP contribution in [0.25, 0.3) is 0 Å². The Balaban J connectivity index is 3.93. The first-order valence-corrected chi connectivity index (χ1v) is 3.59. The second-order valence-electron chi connectivity index (χ2n) is 2.09. The molecule has 10 heavy (non-hydrogen) atoms. The fourth-order valence-corrected chi connectivity index (χ4v) is 0.665. The molecule has 0 aliphatic heterocycles. The maximum absolute atomic E-state index is 5.16. The Kier molecular flexibility index (Phi) is 5.57. The summed E-state index contributed by atoms with van der Waals surface area (Å²) in [5.74, 6) is 2.63. The lowest BCUT2D eigenvalue weighted by Gasteiger charge is -1.94. The minimum Gasteiger partial charge on any atom is -0.120 e. The van der Waals surface area contributed by atoms with Crippen LogP contribution in [-0.2, 0) is 0 Å². The third-order valence-electron chi connectivity index (χ3n) is 1.31. The molecule has 0 fully saturated rings. The summed E-state index contributed by atoms with van der Waals surface area (Å²) in [5.41, 5.74) is 1.32. The van der Waals surface area contributed by atoms with Gasteiger partial charge in [-0.25, -0.2) is 0 Å². The van der Waals surface area contributed by atoms with Gasteiger partial charge in [-0.2, -0.15) is 0 Å². The van der Waals surface area contributed by atoms with Crippen LogP contribution in [0.5, 0.6) is 0 Å². The van der Waals surface area contributed by atoms with E-state index in [2.05, 4.69) is 18.9 Å². The summed E-state index contributed by atoms with van der Waals surface area (Å²) in [7, 11) is 0. The molecule has 0 atom stereocenters. The van der Waals surface area contributed by atoms with Crippen molar-refractivity contribution in [1.29, 1.82) is 0 Å². The van der Waals surface area contributed by atoms with Gasteiger partial charge in [0.25, 0.3) is 0 Å². The molecular weight excluding hydrogens is 120 g/mol. The van der Waals surface area contributed by atoms with Crippen molar-refractivity contribution >= 4 is 0 Å². The molecule has 0 unspecified atom stereocenters. The molecule has 0 aromatic heterocycles. The van der Waals surface area contributed by atoms with Gasteiger partial charge in [-0.15, -0.1) is 12.3 Å². The van der Waals surface area contributed by atoms with Crippen molar-refractivity contribution in [2.45, 2.75) is 26.7 Å². The van der Waals surface area contributed by atoms with Crippen LogP contribution in [0, 0.1) is 12.3 Å². The Bertz CT molecular complexity index is 165. The number of hydrogen-bond donors (Lipinski definition) is 0. The molecule has 0 amide bonds. The van der Waals surface area contributed by atoms with Crippen LogP contribution in [0.2, 0.25) is 0 Å². The van der Waals surface area contributed by atoms with Crippen molar-refractivity contribution in [2.75, 3.05) is 0 Å². The molecule has 0 saturated heterocycles. The molecule has 0 N–H and O–H groups in total.